The highest BCUT2D eigenvalue weighted by Crippen LogP contribution is 2.33. The van der Waals surface area contributed by atoms with Crippen molar-refractivity contribution in [2.24, 2.45) is 11.5 Å². The molecule has 0 saturated heterocycles. The van der Waals surface area contributed by atoms with Crippen LogP contribution in [-0.2, 0) is 18.4 Å². The van der Waals surface area contributed by atoms with Gasteiger partial charge in [0.2, 0.25) is 0 Å². The second-order valence-corrected chi connectivity index (χ2v) is 8.10. The number of hydrogen-bond donors (Lipinski definition) is 5. The summed E-state index contributed by atoms with van der Waals surface area (Å²) in [6.45, 7) is 19.7. The number of aryl methyl sites for hydroxylation is 1. The second kappa shape index (κ2) is 15.8. The minimum Gasteiger partial charge on any atom is -0.402 e. The van der Waals surface area contributed by atoms with Gasteiger partial charge in [-0.25, -0.2) is 4.39 Å². The van der Waals surface area contributed by atoms with Gasteiger partial charge in [-0.2, -0.15) is 0 Å². The quantitative estimate of drug-likeness (QED) is 0.243. The van der Waals surface area contributed by atoms with E-state index in [1.54, 1.807) is 19.2 Å². The summed E-state index contributed by atoms with van der Waals surface area (Å²) in [5.74, 6) is -0.287. The minimum atomic E-state index is -0.789. The average Bonchev–Trinajstić information content (AvgIpc) is 2.86. The Balaban J connectivity index is 0.000000625. The van der Waals surface area contributed by atoms with Gasteiger partial charge in [-0.3, -0.25) is 0 Å². The number of likely N-dealkylation sites (N-methyl/N-ethyl adjacent to an activating group) is 1. The van der Waals surface area contributed by atoms with E-state index in [2.05, 4.69) is 44.6 Å². The molecule has 0 bridgehead atoms. The number of rotatable bonds is 10. The van der Waals surface area contributed by atoms with Crippen molar-refractivity contribution in [3.05, 3.63) is 108 Å². The maximum Gasteiger partial charge on any atom is 0.123 e. The smallest absolute Gasteiger partial charge is 0.123 e. The zero-order valence-corrected chi connectivity index (χ0v) is 21.8. The number of benzene rings is 2. The molecule has 7 N–H and O–H groups in total. The molecule has 0 amide bonds. The molecule has 0 radical (unpaired) electrons. The molecule has 2 aromatic rings. The van der Waals surface area contributed by atoms with Gasteiger partial charge in [0.15, 0.2) is 0 Å². The third kappa shape index (κ3) is 8.91. The number of aliphatic hydroxyl groups is 1. The zero-order valence-electron chi connectivity index (χ0n) is 21.8. The first-order chi connectivity index (χ1) is 16.6. The lowest BCUT2D eigenvalue weighted by molar-refractivity contribution is 0.189. The van der Waals surface area contributed by atoms with Gasteiger partial charge >= 0.3 is 0 Å². The summed E-state index contributed by atoms with van der Waals surface area (Å²) >= 11 is 0. The summed E-state index contributed by atoms with van der Waals surface area (Å²) in [5, 5.41) is 20.7. The van der Waals surface area contributed by atoms with Crippen molar-refractivity contribution in [2.45, 2.75) is 51.7 Å². The highest BCUT2D eigenvalue weighted by atomic mass is 19.1. The Morgan fingerprint density at radius 1 is 1.14 bits per heavy atom. The molecule has 0 fully saturated rings. The van der Waals surface area contributed by atoms with Crippen LogP contribution in [0.2, 0.25) is 0 Å². The van der Waals surface area contributed by atoms with E-state index in [4.69, 9.17) is 16.9 Å². The van der Waals surface area contributed by atoms with Crippen molar-refractivity contribution in [3.63, 3.8) is 0 Å². The summed E-state index contributed by atoms with van der Waals surface area (Å²) in [6.07, 6.45) is 1.55. The summed E-state index contributed by atoms with van der Waals surface area (Å²) in [6, 6.07) is 12.3. The molecule has 2 aromatic carbocycles. The Hall–Kier alpha value is -3.06. The van der Waals surface area contributed by atoms with Crippen LogP contribution < -0.4 is 16.8 Å². The third-order valence-electron chi connectivity index (χ3n) is 5.85. The fourth-order valence-electron chi connectivity index (χ4n) is 3.94. The van der Waals surface area contributed by atoms with Crippen molar-refractivity contribution in [1.82, 2.24) is 5.32 Å². The molecule has 0 aromatic heterocycles. The predicted molar refractivity (Wildman–Crippen MR) is 148 cm³/mol. The van der Waals surface area contributed by atoms with Gasteiger partial charge in [0.1, 0.15) is 5.82 Å². The lowest BCUT2D eigenvalue weighted by Gasteiger charge is -2.37. The van der Waals surface area contributed by atoms with Gasteiger partial charge in [-0.05, 0) is 66.8 Å². The van der Waals surface area contributed by atoms with Crippen molar-refractivity contribution >= 4 is 5.71 Å². The molecular weight excluding hydrogens is 439 g/mol. The summed E-state index contributed by atoms with van der Waals surface area (Å²) in [7, 11) is 1.79. The number of halogens is 1. The zero-order chi connectivity index (χ0) is 27.2. The first-order valence-corrected chi connectivity index (χ1v) is 11.7. The molecule has 35 heavy (non-hydrogen) atoms. The van der Waals surface area contributed by atoms with E-state index in [9.17, 15) is 9.50 Å². The molecule has 0 aliphatic rings. The molecule has 192 valence electrons. The van der Waals surface area contributed by atoms with Crippen LogP contribution in [0.3, 0.4) is 0 Å². The Morgan fingerprint density at radius 3 is 2.11 bits per heavy atom. The van der Waals surface area contributed by atoms with Crippen LogP contribution >= 0.6 is 0 Å². The van der Waals surface area contributed by atoms with E-state index < -0.39 is 11.6 Å². The maximum atomic E-state index is 13.0. The van der Waals surface area contributed by atoms with E-state index in [1.165, 1.54) is 23.3 Å². The summed E-state index contributed by atoms with van der Waals surface area (Å²) in [4.78, 5) is 0. The topological polar surface area (TPSA) is 108 Å². The molecule has 0 saturated carbocycles. The normalized spacial score (nSPS) is 12.7. The lowest BCUT2D eigenvalue weighted by Crippen LogP contribution is -2.46. The predicted octanol–water partition coefficient (Wildman–Crippen LogP) is 4.98. The fraction of sp³-hybridized carbons (Fsp3) is 0.345. The number of aliphatic hydroxyl groups excluding tert-OH is 1. The van der Waals surface area contributed by atoms with E-state index in [1.807, 2.05) is 26.0 Å². The molecule has 5 nitrogen and oxygen atoms in total. The Bertz CT molecular complexity index is 965. The Labute approximate surface area is 211 Å². The standard InChI is InChI=1S/C14H21FN2O.C13H18N2.C2H4/c1-4-14(17-3,10(2)13(18)9-16)11-5-7-12(15)8-6-11;1-4-12-8-11(7-9(2)14)5-6-13(12)10(3)15;1-2/h5-8,13,17-18H,2,4,9,16H2,1,3H3;5-6,8,15H,2,4,7,14H2,1,3H3;1-2H2. The molecular formula is C29H43FN4O. The molecule has 2 rings (SSSR count). The number of allylic oxidation sites excluding steroid dienone is 1. The largest absolute Gasteiger partial charge is 0.402 e. The highest BCUT2D eigenvalue weighted by Gasteiger charge is 2.34. The molecule has 0 aliphatic heterocycles. The lowest BCUT2D eigenvalue weighted by atomic mass is 9.78. The fourth-order valence-corrected chi connectivity index (χ4v) is 3.94. The van der Waals surface area contributed by atoms with Crippen molar-refractivity contribution in [1.29, 1.82) is 5.41 Å². The van der Waals surface area contributed by atoms with Crippen molar-refractivity contribution in [2.75, 3.05) is 13.6 Å². The molecule has 0 aliphatic carbocycles. The van der Waals surface area contributed by atoms with Gasteiger partial charge in [0.25, 0.3) is 0 Å². The van der Waals surface area contributed by atoms with Gasteiger partial charge in [0.05, 0.1) is 11.6 Å². The maximum absolute atomic E-state index is 13.0. The van der Waals surface area contributed by atoms with Crippen LogP contribution in [0.4, 0.5) is 4.39 Å². The molecule has 2 atom stereocenters. The minimum absolute atomic E-state index is 0.115. The number of nitrogens with one attached hydrogen (secondary N) is 2. The molecule has 0 spiro atoms. The van der Waals surface area contributed by atoms with E-state index >= 15 is 0 Å². The van der Waals surface area contributed by atoms with E-state index in [-0.39, 0.29) is 12.4 Å². The molecule has 0 heterocycles. The highest BCUT2D eigenvalue weighted by molar-refractivity contribution is 5.97. The van der Waals surface area contributed by atoms with Crippen molar-refractivity contribution in [3.8, 4) is 0 Å². The number of hydrogen-bond acceptors (Lipinski definition) is 5. The summed E-state index contributed by atoms with van der Waals surface area (Å²) < 4.78 is 13.0. The Kier molecular flexibility index (Phi) is 14.4. The summed E-state index contributed by atoms with van der Waals surface area (Å²) in [5.41, 5.74) is 16.6. The van der Waals surface area contributed by atoms with Crippen LogP contribution in [0.5, 0.6) is 0 Å². The third-order valence-corrected chi connectivity index (χ3v) is 5.85. The van der Waals surface area contributed by atoms with Crippen molar-refractivity contribution < 1.29 is 9.50 Å². The van der Waals surface area contributed by atoms with Crippen LogP contribution in [0.15, 0.2) is 80.1 Å². The van der Waals surface area contributed by atoms with Gasteiger partial charge in [-0.15, -0.1) is 13.2 Å². The average molecular weight is 483 g/mol. The van der Waals surface area contributed by atoms with E-state index in [0.717, 1.165) is 17.5 Å². The molecule has 6 heteroatoms. The first kappa shape index (κ1) is 31.9. The second-order valence-electron chi connectivity index (χ2n) is 8.10. The SMILES string of the molecule is C=C.C=C(C(O)CN)C(CC)(NC)c1ccc(F)cc1.C=C(N)Cc1ccc(C(C)=N)c(CC)c1. The van der Waals surface area contributed by atoms with E-state index in [0.29, 0.717) is 29.8 Å². The Morgan fingerprint density at radius 2 is 1.71 bits per heavy atom. The monoisotopic (exact) mass is 482 g/mol. The molecule has 2 unspecified atom stereocenters. The van der Waals surface area contributed by atoms with Gasteiger partial charge in [-0.1, -0.05) is 57.3 Å². The first-order valence-electron chi connectivity index (χ1n) is 11.7. The van der Waals surface area contributed by atoms with Crippen LogP contribution in [-0.4, -0.2) is 30.5 Å². The number of nitrogens with two attached hydrogens (primary N) is 2. The van der Waals surface area contributed by atoms with Crippen LogP contribution in [0.1, 0.15) is 49.4 Å². The van der Waals surface area contributed by atoms with Gasteiger partial charge < -0.3 is 27.3 Å². The van der Waals surface area contributed by atoms with Crippen LogP contribution in [0.25, 0.3) is 0 Å². The van der Waals surface area contributed by atoms with Crippen LogP contribution in [0, 0.1) is 11.2 Å². The van der Waals surface area contributed by atoms with Gasteiger partial charge in [0, 0.05) is 24.4 Å².